The molecular weight excluding hydrogens is 362 g/mol. The predicted octanol–water partition coefficient (Wildman–Crippen LogP) is 5.25. The lowest BCUT2D eigenvalue weighted by molar-refractivity contribution is 0.306. The third kappa shape index (κ3) is 5.29. The minimum absolute atomic E-state index is 0.434. The Hall–Kier alpha value is -3.93. The number of nitrogens with one attached hydrogen (secondary N) is 2. The van der Waals surface area contributed by atoms with Gasteiger partial charge in [-0.3, -0.25) is 0 Å². The zero-order chi connectivity index (χ0) is 19.9. The van der Waals surface area contributed by atoms with Crippen molar-refractivity contribution in [3.63, 3.8) is 0 Å². The van der Waals surface area contributed by atoms with Gasteiger partial charge in [-0.25, -0.2) is 0 Å². The number of rotatable bonds is 7. The molecule has 0 aliphatic heterocycles. The van der Waals surface area contributed by atoms with E-state index in [-0.39, 0.29) is 0 Å². The minimum Gasteiger partial charge on any atom is -0.489 e. The van der Waals surface area contributed by atoms with Crippen LogP contribution in [0, 0.1) is 6.92 Å². The number of hydrogen-bond donors (Lipinski definition) is 2. The first-order chi connectivity index (χ1) is 14.2. The maximum Gasteiger partial charge on any atom is 0.249 e. The maximum atomic E-state index is 5.82. The maximum absolute atomic E-state index is 5.82. The lowest BCUT2D eigenvalue weighted by Crippen LogP contribution is -2.02. The Bertz CT molecular complexity index is 1070. The fourth-order valence-corrected chi connectivity index (χ4v) is 2.79. The van der Waals surface area contributed by atoms with Gasteiger partial charge in [-0.05, 0) is 54.4 Å². The quantitative estimate of drug-likeness (QED) is 0.454. The van der Waals surface area contributed by atoms with E-state index in [0.29, 0.717) is 18.4 Å². The van der Waals surface area contributed by atoms with E-state index in [1.165, 1.54) is 0 Å². The van der Waals surface area contributed by atoms with Crippen molar-refractivity contribution in [2.45, 2.75) is 13.5 Å². The molecule has 6 nitrogen and oxygen atoms in total. The predicted molar refractivity (Wildman–Crippen MR) is 115 cm³/mol. The van der Waals surface area contributed by atoms with Crippen LogP contribution in [-0.4, -0.2) is 15.2 Å². The summed E-state index contributed by atoms with van der Waals surface area (Å²) in [6.07, 6.45) is 1.58. The molecule has 0 atom stereocenters. The Balaban J connectivity index is 1.37. The molecule has 0 amide bonds. The Morgan fingerprint density at radius 2 is 1.66 bits per heavy atom. The fraction of sp³-hybridized carbons (Fsp3) is 0.0870. The molecule has 0 saturated heterocycles. The Kier molecular flexibility index (Phi) is 5.62. The lowest BCUT2D eigenvalue weighted by Gasteiger charge is -2.10. The van der Waals surface area contributed by atoms with Gasteiger partial charge in [0.2, 0.25) is 5.95 Å². The van der Waals surface area contributed by atoms with E-state index in [9.17, 15) is 0 Å². The van der Waals surface area contributed by atoms with Crippen LogP contribution in [0.2, 0.25) is 0 Å². The minimum atomic E-state index is 0.434. The lowest BCUT2D eigenvalue weighted by atomic mass is 10.2. The highest BCUT2D eigenvalue weighted by Crippen LogP contribution is 2.21. The smallest absolute Gasteiger partial charge is 0.249 e. The summed E-state index contributed by atoms with van der Waals surface area (Å²) in [5.74, 6) is 1.85. The number of aryl methyl sites for hydroxylation is 1. The third-order valence-corrected chi connectivity index (χ3v) is 4.21. The number of nitrogens with zero attached hydrogens (tertiary/aromatic N) is 3. The van der Waals surface area contributed by atoms with E-state index in [0.717, 1.165) is 28.3 Å². The van der Waals surface area contributed by atoms with Crippen LogP contribution in [0.4, 0.5) is 23.1 Å². The largest absolute Gasteiger partial charge is 0.489 e. The molecule has 0 fully saturated rings. The van der Waals surface area contributed by atoms with Gasteiger partial charge in [0, 0.05) is 11.4 Å². The van der Waals surface area contributed by atoms with Gasteiger partial charge in [0.1, 0.15) is 12.4 Å². The molecule has 0 bridgehead atoms. The standard InChI is InChI=1S/C23H21N5O/c1-17-6-5-9-20(14-17)26-23-27-22(15-24-28-23)25-19-10-12-21(13-11-19)29-16-18-7-3-2-4-8-18/h2-15H,16H2,1H3,(H2,25,26,27,28). The van der Waals surface area contributed by atoms with Crippen LogP contribution in [-0.2, 0) is 6.61 Å². The Morgan fingerprint density at radius 3 is 2.45 bits per heavy atom. The number of benzene rings is 3. The molecule has 3 aromatic carbocycles. The first-order valence-electron chi connectivity index (χ1n) is 9.32. The van der Waals surface area contributed by atoms with Crippen molar-refractivity contribution in [2.75, 3.05) is 10.6 Å². The highest BCUT2D eigenvalue weighted by Gasteiger charge is 2.03. The molecule has 0 aliphatic carbocycles. The summed E-state index contributed by atoms with van der Waals surface area (Å²) >= 11 is 0. The van der Waals surface area contributed by atoms with Crippen molar-refractivity contribution in [2.24, 2.45) is 0 Å². The van der Waals surface area contributed by atoms with Crippen LogP contribution in [0.5, 0.6) is 5.75 Å². The third-order valence-electron chi connectivity index (χ3n) is 4.21. The summed E-state index contributed by atoms with van der Waals surface area (Å²) in [5.41, 5.74) is 4.10. The van der Waals surface area contributed by atoms with Gasteiger partial charge in [0.05, 0.1) is 6.20 Å². The van der Waals surface area contributed by atoms with Crippen molar-refractivity contribution in [3.8, 4) is 5.75 Å². The molecule has 2 N–H and O–H groups in total. The van der Waals surface area contributed by atoms with E-state index in [2.05, 4.69) is 25.8 Å². The fourth-order valence-electron chi connectivity index (χ4n) is 2.79. The second-order valence-electron chi connectivity index (χ2n) is 6.58. The molecule has 144 valence electrons. The van der Waals surface area contributed by atoms with E-state index >= 15 is 0 Å². The van der Waals surface area contributed by atoms with Crippen LogP contribution in [0.1, 0.15) is 11.1 Å². The summed E-state index contributed by atoms with van der Waals surface area (Å²) < 4.78 is 5.82. The van der Waals surface area contributed by atoms with Crippen LogP contribution in [0.25, 0.3) is 0 Å². The van der Waals surface area contributed by atoms with Gasteiger partial charge in [-0.2, -0.15) is 10.1 Å². The van der Waals surface area contributed by atoms with E-state index < -0.39 is 0 Å². The monoisotopic (exact) mass is 383 g/mol. The summed E-state index contributed by atoms with van der Waals surface area (Å²) in [7, 11) is 0. The first kappa shape index (κ1) is 18.4. The zero-order valence-electron chi connectivity index (χ0n) is 16.0. The van der Waals surface area contributed by atoms with Gasteiger partial charge in [-0.15, -0.1) is 5.10 Å². The van der Waals surface area contributed by atoms with Crippen molar-refractivity contribution >= 4 is 23.1 Å². The summed E-state index contributed by atoms with van der Waals surface area (Å²) in [6.45, 7) is 2.58. The van der Waals surface area contributed by atoms with Gasteiger partial charge in [0.25, 0.3) is 0 Å². The van der Waals surface area contributed by atoms with E-state index in [1.807, 2.05) is 85.8 Å². The van der Waals surface area contributed by atoms with Crippen molar-refractivity contribution in [1.82, 2.24) is 15.2 Å². The molecule has 0 saturated carbocycles. The topological polar surface area (TPSA) is 72.0 Å². The SMILES string of the molecule is Cc1cccc(Nc2nncc(Nc3ccc(OCc4ccccc4)cc3)n2)c1. The van der Waals surface area contributed by atoms with Crippen molar-refractivity contribution < 1.29 is 4.74 Å². The second kappa shape index (κ2) is 8.84. The second-order valence-corrected chi connectivity index (χ2v) is 6.58. The molecule has 0 aliphatic rings. The molecule has 6 heteroatoms. The van der Waals surface area contributed by atoms with E-state index in [1.54, 1.807) is 6.20 Å². The molecule has 0 unspecified atom stereocenters. The van der Waals surface area contributed by atoms with Gasteiger partial charge >= 0.3 is 0 Å². The number of ether oxygens (including phenoxy) is 1. The van der Waals surface area contributed by atoms with Gasteiger partial charge in [-0.1, -0.05) is 42.5 Å². The average molecular weight is 383 g/mol. The highest BCUT2D eigenvalue weighted by molar-refractivity contribution is 5.59. The molecule has 0 spiro atoms. The number of anilines is 4. The normalized spacial score (nSPS) is 10.4. The summed E-state index contributed by atoms with van der Waals surface area (Å²) in [5, 5.41) is 14.5. The van der Waals surface area contributed by atoms with Crippen molar-refractivity contribution in [1.29, 1.82) is 0 Å². The average Bonchev–Trinajstić information content (AvgIpc) is 2.74. The number of hydrogen-bond acceptors (Lipinski definition) is 6. The van der Waals surface area contributed by atoms with Crippen LogP contribution in [0.15, 0.2) is 85.1 Å². The van der Waals surface area contributed by atoms with Crippen molar-refractivity contribution in [3.05, 3.63) is 96.2 Å². The number of aromatic nitrogens is 3. The van der Waals surface area contributed by atoms with Gasteiger partial charge < -0.3 is 15.4 Å². The van der Waals surface area contributed by atoms with Crippen LogP contribution >= 0.6 is 0 Å². The van der Waals surface area contributed by atoms with Crippen LogP contribution in [0.3, 0.4) is 0 Å². The first-order valence-corrected chi connectivity index (χ1v) is 9.32. The molecular formula is C23H21N5O. The van der Waals surface area contributed by atoms with Crippen LogP contribution < -0.4 is 15.4 Å². The molecule has 1 aromatic heterocycles. The molecule has 4 rings (SSSR count). The Morgan fingerprint density at radius 1 is 0.828 bits per heavy atom. The summed E-state index contributed by atoms with van der Waals surface area (Å²) in [6, 6.07) is 25.8. The van der Waals surface area contributed by atoms with Gasteiger partial charge in [0.15, 0.2) is 5.82 Å². The summed E-state index contributed by atoms with van der Waals surface area (Å²) in [4.78, 5) is 4.46. The Labute approximate surface area is 169 Å². The molecule has 1 heterocycles. The molecule has 0 radical (unpaired) electrons. The van der Waals surface area contributed by atoms with E-state index in [4.69, 9.17) is 4.74 Å². The zero-order valence-corrected chi connectivity index (χ0v) is 16.0. The molecule has 29 heavy (non-hydrogen) atoms. The molecule has 4 aromatic rings. The highest BCUT2D eigenvalue weighted by atomic mass is 16.5.